The zero-order chi connectivity index (χ0) is 26.3. The molecule has 0 radical (unpaired) electrons. The molecule has 0 bridgehead atoms. The van der Waals surface area contributed by atoms with Gasteiger partial charge in [0.05, 0.1) is 24.3 Å². The number of hydrogen-bond donors (Lipinski definition) is 3. The zero-order valence-corrected chi connectivity index (χ0v) is 20.6. The van der Waals surface area contributed by atoms with E-state index in [2.05, 4.69) is 25.8 Å². The molecule has 3 amide bonds. The largest absolute Gasteiger partial charge is 0.416 e. The van der Waals surface area contributed by atoms with E-state index < -0.39 is 17.8 Å². The highest BCUT2D eigenvalue weighted by Crippen LogP contribution is 2.30. The molecule has 2 heterocycles. The van der Waals surface area contributed by atoms with Gasteiger partial charge in [0.2, 0.25) is 0 Å². The van der Waals surface area contributed by atoms with Crippen molar-refractivity contribution in [3.8, 4) is 0 Å². The van der Waals surface area contributed by atoms with Crippen LogP contribution < -0.4 is 20.9 Å². The maximum atomic E-state index is 13.1. The van der Waals surface area contributed by atoms with Crippen LogP contribution >= 0.6 is 0 Å². The SMILES string of the molecule is O=C(Nc1ccc(C(F)(F)F)cc1)Nc1ccc(N2CCCC2)c(C(=O)NCCCN2CCOCC2)c1. The Morgan fingerprint density at radius 2 is 1.54 bits per heavy atom. The summed E-state index contributed by atoms with van der Waals surface area (Å²) >= 11 is 0. The number of urea groups is 1. The molecule has 2 aliphatic rings. The second-order valence-electron chi connectivity index (χ2n) is 9.14. The molecule has 0 aromatic heterocycles. The molecular formula is C26H32F3N5O3. The predicted molar refractivity (Wildman–Crippen MR) is 136 cm³/mol. The average molecular weight is 520 g/mol. The number of carbonyl (C=O) groups is 2. The molecule has 11 heteroatoms. The van der Waals surface area contributed by atoms with E-state index in [-0.39, 0.29) is 11.6 Å². The highest BCUT2D eigenvalue weighted by atomic mass is 19.4. The average Bonchev–Trinajstić information content (AvgIpc) is 3.42. The lowest BCUT2D eigenvalue weighted by Gasteiger charge is -2.26. The maximum absolute atomic E-state index is 13.1. The summed E-state index contributed by atoms with van der Waals surface area (Å²) in [4.78, 5) is 30.1. The van der Waals surface area contributed by atoms with Gasteiger partial charge in [0.25, 0.3) is 5.91 Å². The number of ether oxygens (including phenoxy) is 1. The minimum absolute atomic E-state index is 0.212. The summed E-state index contributed by atoms with van der Waals surface area (Å²) < 4.78 is 43.6. The predicted octanol–water partition coefficient (Wildman–Crippen LogP) is 4.40. The Hall–Kier alpha value is -3.31. The number of morpholine rings is 1. The number of amides is 3. The summed E-state index contributed by atoms with van der Waals surface area (Å²) in [7, 11) is 0. The van der Waals surface area contributed by atoms with Gasteiger partial charge in [-0.25, -0.2) is 4.79 Å². The summed E-state index contributed by atoms with van der Waals surface area (Å²) in [5.74, 6) is -0.212. The lowest BCUT2D eigenvalue weighted by molar-refractivity contribution is -0.137. The molecular weight excluding hydrogens is 487 g/mol. The van der Waals surface area contributed by atoms with Crippen LogP contribution in [0.15, 0.2) is 42.5 Å². The fraction of sp³-hybridized carbons (Fsp3) is 0.462. The molecule has 2 fully saturated rings. The molecule has 0 aliphatic carbocycles. The van der Waals surface area contributed by atoms with Crippen LogP contribution in [-0.2, 0) is 10.9 Å². The van der Waals surface area contributed by atoms with Gasteiger partial charge in [-0.2, -0.15) is 13.2 Å². The standard InChI is InChI=1S/C26H32F3N5O3/c27-26(28,29)19-4-6-20(7-5-19)31-25(36)32-21-8-9-23(34-12-1-2-13-34)22(18-21)24(35)30-10-3-11-33-14-16-37-17-15-33/h4-9,18H,1-3,10-17H2,(H,30,35)(H2,31,32,36). The minimum Gasteiger partial charge on any atom is -0.379 e. The number of anilines is 3. The quantitative estimate of drug-likeness (QED) is 0.450. The van der Waals surface area contributed by atoms with Crippen molar-refractivity contribution in [2.45, 2.75) is 25.4 Å². The van der Waals surface area contributed by atoms with E-state index in [9.17, 15) is 22.8 Å². The second kappa shape index (κ2) is 12.3. The lowest BCUT2D eigenvalue weighted by atomic mass is 10.1. The molecule has 4 rings (SSSR count). The summed E-state index contributed by atoms with van der Waals surface area (Å²) in [6.45, 7) is 6.40. The maximum Gasteiger partial charge on any atom is 0.416 e. The second-order valence-corrected chi connectivity index (χ2v) is 9.14. The van der Waals surface area contributed by atoms with Gasteiger partial charge in [0.1, 0.15) is 0 Å². The topological polar surface area (TPSA) is 85.9 Å². The van der Waals surface area contributed by atoms with Crippen LogP contribution in [0.2, 0.25) is 0 Å². The molecule has 0 unspecified atom stereocenters. The van der Waals surface area contributed by atoms with Gasteiger partial charge >= 0.3 is 12.2 Å². The van der Waals surface area contributed by atoms with Crippen molar-refractivity contribution in [2.24, 2.45) is 0 Å². The molecule has 2 aliphatic heterocycles. The first-order valence-electron chi connectivity index (χ1n) is 12.5. The van der Waals surface area contributed by atoms with Crippen LogP contribution in [0.5, 0.6) is 0 Å². The number of carbonyl (C=O) groups excluding carboxylic acids is 2. The van der Waals surface area contributed by atoms with Gasteiger partial charge in [-0.05, 0) is 68.3 Å². The molecule has 2 saturated heterocycles. The van der Waals surface area contributed by atoms with Crippen LogP contribution in [0.4, 0.5) is 35.0 Å². The van der Waals surface area contributed by atoms with Crippen molar-refractivity contribution in [1.82, 2.24) is 10.2 Å². The van der Waals surface area contributed by atoms with Crippen molar-refractivity contribution in [3.63, 3.8) is 0 Å². The molecule has 37 heavy (non-hydrogen) atoms. The Labute approximate surface area is 214 Å². The van der Waals surface area contributed by atoms with Crippen molar-refractivity contribution >= 4 is 29.0 Å². The number of nitrogens with one attached hydrogen (secondary N) is 3. The van der Waals surface area contributed by atoms with E-state index in [1.807, 2.05) is 6.07 Å². The number of nitrogens with zero attached hydrogens (tertiary/aromatic N) is 2. The Kier molecular flexibility index (Phi) is 8.88. The molecule has 0 spiro atoms. The molecule has 0 atom stereocenters. The summed E-state index contributed by atoms with van der Waals surface area (Å²) in [6, 6.07) is 8.74. The molecule has 0 saturated carbocycles. The lowest BCUT2D eigenvalue weighted by Crippen LogP contribution is -2.38. The first kappa shape index (κ1) is 26.7. The molecule has 2 aromatic carbocycles. The summed E-state index contributed by atoms with van der Waals surface area (Å²) in [6.07, 6.45) is -1.53. The van der Waals surface area contributed by atoms with E-state index in [1.165, 1.54) is 12.1 Å². The molecule has 200 valence electrons. The van der Waals surface area contributed by atoms with Gasteiger partial charge in [-0.15, -0.1) is 0 Å². The third-order valence-electron chi connectivity index (χ3n) is 6.46. The van der Waals surface area contributed by atoms with Crippen molar-refractivity contribution < 1.29 is 27.5 Å². The van der Waals surface area contributed by atoms with Crippen LogP contribution in [0.1, 0.15) is 35.2 Å². The number of alkyl halides is 3. The highest BCUT2D eigenvalue weighted by molar-refractivity contribution is 6.04. The van der Waals surface area contributed by atoms with E-state index >= 15 is 0 Å². The van der Waals surface area contributed by atoms with Crippen LogP contribution in [0.3, 0.4) is 0 Å². The minimum atomic E-state index is -4.45. The Balaban J connectivity index is 1.38. The van der Waals surface area contributed by atoms with Crippen LogP contribution in [0, 0.1) is 0 Å². The third kappa shape index (κ3) is 7.59. The number of rotatable bonds is 8. The van der Waals surface area contributed by atoms with E-state index in [4.69, 9.17) is 4.74 Å². The monoisotopic (exact) mass is 519 g/mol. The van der Waals surface area contributed by atoms with Crippen LogP contribution in [0.25, 0.3) is 0 Å². The number of benzene rings is 2. The van der Waals surface area contributed by atoms with Crippen LogP contribution in [-0.4, -0.2) is 69.3 Å². The Morgan fingerprint density at radius 3 is 2.22 bits per heavy atom. The highest BCUT2D eigenvalue weighted by Gasteiger charge is 2.30. The first-order chi connectivity index (χ1) is 17.8. The summed E-state index contributed by atoms with van der Waals surface area (Å²) in [5.41, 5.74) is 1.12. The first-order valence-corrected chi connectivity index (χ1v) is 12.5. The normalized spacial score (nSPS) is 16.5. The fourth-order valence-electron chi connectivity index (χ4n) is 4.49. The van der Waals surface area contributed by atoms with Crippen molar-refractivity contribution in [2.75, 3.05) is 68.0 Å². The van der Waals surface area contributed by atoms with Gasteiger partial charge in [0, 0.05) is 49.8 Å². The van der Waals surface area contributed by atoms with Crippen molar-refractivity contribution in [3.05, 3.63) is 53.6 Å². The van der Waals surface area contributed by atoms with E-state index in [1.54, 1.807) is 12.1 Å². The zero-order valence-electron chi connectivity index (χ0n) is 20.6. The third-order valence-corrected chi connectivity index (χ3v) is 6.46. The molecule has 3 N–H and O–H groups in total. The fourth-order valence-corrected chi connectivity index (χ4v) is 4.49. The van der Waals surface area contributed by atoms with Gasteiger partial charge in [-0.3, -0.25) is 9.69 Å². The number of hydrogen-bond acceptors (Lipinski definition) is 5. The number of halogens is 3. The van der Waals surface area contributed by atoms with Gasteiger partial charge in [-0.1, -0.05) is 0 Å². The molecule has 2 aromatic rings. The van der Waals surface area contributed by atoms with Gasteiger partial charge < -0.3 is 25.6 Å². The van der Waals surface area contributed by atoms with E-state index in [0.717, 1.165) is 83.0 Å². The van der Waals surface area contributed by atoms with Gasteiger partial charge in [0.15, 0.2) is 0 Å². The Bertz CT molecular complexity index is 1070. The smallest absolute Gasteiger partial charge is 0.379 e. The summed E-state index contributed by atoms with van der Waals surface area (Å²) in [5, 5.41) is 8.18. The molecule has 8 nitrogen and oxygen atoms in total. The Morgan fingerprint density at radius 1 is 0.892 bits per heavy atom. The van der Waals surface area contributed by atoms with E-state index in [0.29, 0.717) is 17.8 Å². The van der Waals surface area contributed by atoms with Crippen molar-refractivity contribution in [1.29, 1.82) is 0 Å².